The van der Waals surface area contributed by atoms with Gasteiger partial charge in [0, 0.05) is 17.5 Å². The number of likely N-dealkylation sites (tertiary alicyclic amines) is 1. The summed E-state index contributed by atoms with van der Waals surface area (Å²) in [7, 11) is 0. The van der Waals surface area contributed by atoms with Gasteiger partial charge >= 0.3 is 0 Å². The number of piperidine rings is 1. The molecule has 1 aliphatic rings. The molecule has 0 aliphatic carbocycles. The van der Waals surface area contributed by atoms with Crippen LogP contribution in [0.15, 0.2) is 41.8 Å². The van der Waals surface area contributed by atoms with Crippen molar-refractivity contribution in [3.63, 3.8) is 0 Å². The van der Waals surface area contributed by atoms with Crippen LogP contribution in [0.4, 0.5) is 0 Å². The molecular weight excluding hydrogens is 316 g/mol. The highest BCUT2D eigenvalue weighted by atomic mass is 32.1. The zero-order valence-electron chi connectivity index (χ0n) is 14.4. The maximum Gasteiger partial charge on any atom is 0.0681 e. The van der Waals surface area contributed by atoms with Crippen molar-refractivity contribution in [2.45, 2.75) is 39.0 Å². The van der Waals surface area contributed by atoms with Crippen LogP contribution in [0.3, 0.4) is 0 Å². The monoisotopic (exact) mass is 344 g/mol. The van der Waals surface area contributed by atoms with E-state index in [-0.39, 0.29) is 6.61 Å². The molecule has 3 rings (SSSR count). The molecule has 2 N–H and O–H groups in total. The molecule has 0 amide bonds. The SMILES string of the molecule is CC(NCC1CCN(Cc2cccs2)CC1)c1cccc(CO)c1. The van der Waals surface area contributed by atoms with Crippen molar-refractivity contribution in [3.05, 3.63) is 57.8 Å². The first kappa shape index (κ1) is 17.6. The largest absolute Gasteiger partial charge is 0.392 e. The van der Waals surface area contributed by atoms with Crippen LogP contribution in [0.25, 0.3) is 0 Å². The van der Waals surface area contributed by atoms with Crippen LogP contribution >= 0.6 is 11.3 Å². The molecule has 1 unspecified atom stereocenters. The highest BCUT2D eigenvalue weighted by molar-refractivity contribution is 7.09. The molecule has 24 heavy (non-hydrogen) atoms. The van der Waals surface area contributed by atoms with Gasteiger partial charge in [-0.2, -0.15) is 0 Å². The lowest BCUT2D eigenvalue weighted by atomic mass is 9.96. The lowest BCUT2D eigenvalue weighted by Gasteiger charge is -2.32. The highest BCUT2D eigenvalue weighted by Crippen LogP contribution is 2.21. The number of benzene rings is 1. The smallest absolute Gasteiger partial charge is 0.0681 e. The molecule has 1 aromatic carbocycles. The van der Waals surface area contributed by atoms with Crippen LogP contribution in [-0.4, -0.2) is 29.6 Å². The number of thiophene rings is 1. The Bertz CT molecular complexity index is 606. The molecule has 1 fully saturated rings. The third-order valence-corrected chi connectivity index (χ3v) is 5.87. The van der Waals surface area contributed by atoms with Crippen molar-refractivity contribution in [2.24, 2.45) is 5.92 Å². The van der Waals surface area contributed by atoms with Gasteiger partial charge in [0.05, 0.1) is 6.61 Å². The lowest BCUT2D eigenvalue weighted by Crippen LogP contribution is -2.37. The maximum absolute atomic E-state index is 9.27. The fraction of sp³-hybridized carbons (Fsp3) is 0.500. The first-order valence-electron chi connectivity index (χ1n) is 8.92. The first-order valence-corrected chi connectivity index (χ1v) is 9.80. The molecule has 0 radical (unpaired) electrons. The molecule has 1 aromatic heterocycles. The van der Waals surface area contributed by atoms with Crippen LogP contribution in [0.5, 0.6) is 0 Å². The van der Waals surface area contributed by atoms with E-state index in [1.54, 1.807) is 0 Å². The van der Waals surface area contributed by atoms with E-state index >= 15 is 0 Å². The Morgan fingerprint density at radius 3 is 2.79 bits per heavy atom. The van der Waals surface area contributed by atoms with E-state index in [4.69, 9.17) is 0 Å². The summed E-state index contributed by atoms with van der Waals surface area (Å²) in [4.78, 5) is 4.06. The average Bonchev–Trinajstić information content (AvgIpc) is 3.14. The quantitative estimate of drug-likeness (QED) is 0.802. The Kier molecular flexibility index (Phi) is 6.44. The second-order valence-electron chi connectivity index (χ2n) is 6.83. The summed E-state index contributed by atoms with van der Waals surface area (Å²) in [5.74, 6) is 0.771. The van der Waals surface area contributed by atoms with E-state index in [2.05, 4.69) is 46.8 Å². The van der Waals surface area contributed by atoms with Gasteiger partial charge in [-0.25, -0.2) is 0 Å². The second-order valence-corrected chi connectivity index (χ2v) is 7.86. The van der Waals surface area contributed by atoms with Crippen molar-refractivity contribution in [1.29, 1.82) is 0 Å². The Balaban J connectivity index is 1.41. The number of aliphatic hydroxyl groups is 1. The summed E-state index contributed by atoms with van der Waals surface area (Å²) in [6.07, 6.45) is 2.56. The number of rotatable bonds is 7. The van der Waals surface area contributed by atoms with E-state index in [0.717, 1.165) is 24.6 Å². The molecule has 1 saturated heterocycles. The zero-order valence-corrected chi connectivity index (χ0v) is 15.3. The van der Waals surface area contributed by atoms with Crippen LogP contribution in [0, 0.1) is 5.92 Å². The fourth-order valence-electron chi connectivity index (χ4n) is 3.39. The van der Waals surface area contributed by atoms with Gasteiger partial charge in [-0.05, 0) is 67.9 Å². The molecule has 4 heteroatoms. The summed E-state index contributed by atoms with van der Waals surface area (Å²) in [6.45, 7) is 6.93. The van der Waals surface area contributed by atoms with Crippen molar-refractivity contribution < 1.29 is 5.11 Å². The summed E-state index contributed by atoms with van der Waals surface area (Å²) >= 11 is 1.86. The minimum Gasteiger partial charge on any atom is -0.392 e. The van der Waals surface area contributed by atoms with Gasteiger partial charge in [-0.15, -0.1) is 11.3 Å². The van der Waals surface area contributed by atoms with Crippen molar-refractivity contribution >= 4 is 11.3 Å². The van der Waals surface area contributed by atoms with Gasteiger partial charge < -0.3 is 10.4 Å². The predicted molar refractivity (Wildman–Crippen MR) is 101 cm³/mol. The number of nitrogens with zero attached hydrogens (tertiary/aromatic N) is 1. The van der Waals surface area contributed by atoms with Crippen LogP contribution in [-0.2, 0) is 13.2 Å². The Hall–Kier alpha value is -1.20. The number of hydrogen-bond donors (Lipinski definition) is 2. The number of nitrogens with one attached hydrogen (secondary N) is 1. The summed E-state index contributed by atoms with van der Waals surface area (Å²) < 4.78 is 0. The standard InChI is InChI=1S/C20H28N2OS/c1-16(19-5-2-4-18(12-19)15-23)21-13-17-7-9-22(10-8-17)14-20-6-3-11-24-20/h2-6,11-12,16-17,21,23H,7-10,13-15H2,1H3. The van der Waals surface area contributed by atoms with Crippen molar-refractivity contribution in [3.8, 4) is 0 Å². The van der Waals surface area contributed by atoms with Gasteiger partial charge in [-0.1, -0.05) is 30.3 Å². The zero-order chi connectivity index (χ0) is 16.8. The summed E-state index contributed by atoms with van der Waals surface area (Å²) in [6, 6.07) is 13.0. The number of hydrogen-bond acceptors (Lipinski definition) is 4. The molecule has 2 heterocycles. The Labute approximate surface area is 149 Å². The van der Waals surface area contributed by atoms with Gasteiger partial charge in [0.15, 0.2) is 0 Å². The lowest BCUT2D eigenvalue weighted by molar-refractivity contribution is 0.175. The third kappa shape index (κ3) is 4.90. The Morgan fingerprint density at radius 2 is 2.08 bits per heavy atom. The molecule has 0 saturated carbocycles. The molecule has 1 atom stereocenters. The van der Waals surface area contributed by atoms with Crippen molar-refractivity contribution in [1.82, 2.24) is 10.2 Å². The molecule has 0 bridgehead atoms. The molecule has 1 aliphatic heterocycles. The maximum atomic E-state index is 9.27. The first-order chi connectivity index (χ1) is 11.7. The van der Waals surface area contributed by atoms with E-state index in [0.29, 0.717) is 6.04 Å². The second kappa shape index (κ2) is 8.77. The van der Waals surface area contributed by atoms with E-state index < -0.39 is 0 Å². The molecular formula is C20H28N2OS. The molecule has 2 aromatic rings. The Morgan fingerprint density at radius 1 is 1.25 bits per heavy atom. The third-order valence-electron chi connectivity index (χ3n) is 5.01. The van der Waals surface area contributed by atoms with Crippen LogP contribution in [0.1, 0.15) is 41.8 Å². The summed E-state index contributed by atoms with van der Waals surface area (Å²) in [5.41, 5.74) is 2.25. The molecule has 0 spiro atoms. The number of aliphatic hydroxyl groups excluding tert-OH is 1. The van der Waals surface area contributed by atoms with E-state index in [1.807, 2.05) is 23.5 Å². The average molecular weight is 345 g/mol. The van der Waals surface area contributed by atoms with Gasteiger partial charge in [0.1, 0.15) is 0 Å². The van der Waals surface area contributed by atoms with Gasteiger partial charge in [-0.3, -0.25) is 4.90 Å². The van der Waals surface area contributed by atoms with E-state index in [9.17, 15) is 5.11 Å². The normalized spacial score (nSPS) is 17.9. The fourth-order valence-corrected chi connectivity index (χ4v) is 4.14. The summed E-state index contributed by atoms with van der Waals surface area (Å²) in [5, 5.41) is 15.1. The predicted octanol–water partition coefficient (Wildman–Crippen LogP) is 3.80. The molecule has 130 valence electrons. The van der Waals surface area contributed by atoms with Crippen molar-refractivity contribution in [2.75, 3.05) is 19.6 Å². The molecule has 3 nitrogen and oxygen atoms in total. The van der Waals surface area contributed by atoms with Gasteiger partial charge in [0.2, 0.25) is 0 Å². The van der Waals surface area contributed by atoms with Gasteiger partial charge in [0.25, 0.3) is 0 Å². The van der Waals surface area contributed by atoms with Crippen LogP contribution in [0.2, 0.25) is 0 Å². The van der Waals surface area contributed by atoms with E-state index in [1.165, 1.54) is 36.4 Å². The minimum absolute atomic E-state index is 0.114. The van der Waals surface area contributed by atoms with Crippen LogP contribution < -0.4 is 5.32 Å². The highest BCUT2D eigenvalue weighted by Gasteiger charge is 2.20. The minimum atomic E-state index is 0.114. The topological polar surface area (TPSA) is 35.5 Å².